The third kappa shape index (κ3) is 4.62. The summed E-state index contributed by atoms with van der Waals surface area (Å²) in [6, 6.07) is 6.08. The van der Waals surface area contributed by atoms with Gasteiger partial charge in [-0.3, -0.25) is 4.79 Å². The van der Waals surface area contributed by atoms with Crippen molar-refractivity contribution in [3.8, 4) is 5.75 Å². The zero-order valence-corrected chi connectivity index (χ0v) is 13.9. The molecule has 1 aromatic rings. The van der Waals surface area contributed by atoms with Crippen molar-refractivity contribution in [3.63, 3.8) is 0 Å². The fourth-order valence-electron chi connectivity index (χ4n) is 2.69. The molecule has 0 saturated carbocycles. The van der Waals surface area contributed by atoms with E-state index in [1.807, 2.05) is 32.9 Å². The van der Waals surface area contributed by atoms with Crippen molar-refractivity contribution in [3.05, 3.63) is 41.0 Å². The van der Waals surface area contributed by atoms with Crippen molar-refractivity contribution in [1.82, 2.24) is 5.32 Å². The highest BCUT2D eigenvalue weighted by molar-refractivity contribution is 5.81. The van der Waals surface area contributed by atoms with Crippen LogP contribution in [0.15, 0.2) is 29.8 Å². The van der Waals surface area contributed by atoms with Crippen LogP contribution in [-0.4, -0.2) is 18.6 Å². The lowest BCUT2D eigenvalue weighted by atomic mass is 9.99. The Morgan fingerprint density at radius 1 is 1.32 bits per heavy atom. The predicted octanol–water partition coefficient (Wildman–Crippen LogP) is 4.08. The minimum atomic E-state index is -0.426. The molecule has 0 radical (unpaired) electrons. The van der Waals surface area contributed by atoms with E-state index in [2.05, 4.69) is 17.5 Å². The fourth-order valence-corrected chi connectivity index (χ4v) is 2.69. The van der Waals surface area contributed by atoms with Gasteiger partial charge in [-0.05, 0) is 63.1 Å². The number of aryl methyl sites for hydroxylation is 2. The fraction of sp³-hybridized carbons (Fsp3) is 0.526. The molecule has 1 amide bonds. The van der Waals surface area contributed by atoms with Crippen LogP contribution in [0, 0.1) is 13.8 Å². The highest BCUT2D eigenvalue weighted by Gasteiger charge is 2.19. The summed E-state index contributed by atoms with van der Waals surface area (Å²) in [7, 11) is 0. The van der Waals surface area contributed by atoms with Gasteiger partial charge in [0.1, 0.15) is 5.75 Å². The number of ether oxygens (including phenoxy) is 1. The van der Waals surface area contributed by atoms with E-state index in [4.69, 9.17) is 4.74 Å². The SMILES string of the molecule is CCC(Oc1cc(C)ccc1C)C(=O)NCC1=CCCCC1. The molecule has 0 fully saturated rings. The first-order valence-corrected chi connectivity index (χ1v) is 8.29. The van der Waals surface area contributed by atoms with Crippen molar-refractivity contribution in [2.45, 2.75) is 59.0 Å². The third-order valence-corrected chi connectivity index (χ3v) is 4.15. The van der Waals surface area contributed by atoms with Crippen LogP contribution < -0.4 is 10.1 Å². The lowest BCUT2D eigenvalue weighted by Gasteiger charge is -2.20. The Hall–Kier alpha value is -1.77. The summed E-state index contributed by atoms with van der Waals surface area (Å²) in [5.74, 6) is 0.786. The highest BCUT2D eigenvalue weighted by atomic mass is 16.5. The molecule has 0 saturated heterocycles. The van der Waals surface area contributed by atoms with E-state index < -0.39 is 6.10 Å². The first kappa shape index (κ1) is 16.6. The molecular formula is C19H27NO2. The van der Waals surface area contributed by atoms with Crippen LogP contribution in [-0.2, 0) is 4.79 Å². The molecule has 0 spiro atoms. The van der Waals surface area contributed by atoms with Crippen LogP contribution in [0.4, 0.5) is 0 Å². The molecule has 120 valence electrons. The van der Waals surface area contributed by atoms with E-state index in [1.54, 1.807) is 0 Å². The molecule has 1 atom stereocenters. The van der Waals surface area contributed by atoms with Crippen LogP contribution in [0.2, 0.25) is 0 Å². The van der Waals surface area contributed by atoms with Gasteiger partial charge >= 0.3 is 0 Å². The Bertz CT molecular complexity index is 548. The smallest absolute Gasteiger partial charge is 0.261 e. The maximum atomic E-state index is 12.4. The second-order valence-electron chi connectivity index (χ2n) is 6.11. The topological polar surface area (TPSA) is 38.3 Å². The number of rotatable bonds is 6. The molecule has 1 aliphatic carbocycles. The summed E-state index contributed by atoms with van der Waals surface area (Å²) in [6.45, 7) is 6.68. The molecular weight excluding hydrogens is 274 g/mol. The molecule has 1 aliphatic rings. The number of hydrogen-bond acceptors (Lipinski definition) is 2. The number of benzene rings is 1. The van der Waals surface area contributed by atoms with Crippen LogP contribution in [0.5, 0.6) is 5.75 Å². The van der Waals surface area contributed by atoms with Gasteiger partial charge in [-0.25, -0.2) is 0 Å². The van der Waals surface area contributed by atoms with E-state index in [9.17, 15) is 4.79 Å². The van der Waals surface area contributed by atoms with Crippen molar-refractivity contribution < 1.29 is 9.53 Å². The normalized spacial score (nSPS) is 15.9. The number of allylic oxidation sites excluding steroid dienone is 1. The first-order chi connectivity index (χ1) is 10.6. The Labute approximate surface area is 133 Å². The number of carbonyl (C=O) groups is 1. The molecule has 1 unspecified atom stereocenters. The first-order valence-electron chi connectivity index (χ1n) is 8.29. The zero-order valence-electron chi connectivity index (χ0n) is 13.9. The molecule has 22 heavy (non-hydrogen) atoms. The van der Waals surface area contributed by atoms with Crippen LogP contribution >= 0.6 is 0 Å². The van der Waals surface area contributed by atoms with E-state index in [1.165, 1.54) is 18.4 Å². The van der Waals surface area contributed by atoms with Crippen LogP contribution in [0.3, 0.4) is 0 Å². The van der Waals surface area contributed by atoms with Crippen molar-refractivity contribution in [1.29, 1.82) is 0 Å². The summed E-state index contributed by atoms with van der Waals surface area (Å²) in [6.07, 6.45) is 7.25. The Kier molecular flexibility index (Phi) is 6.05. The lowest BCUT2D eigenvalue weighted by Crippen LogP contribution is -2.39. The van der Waals surface area contributed by atoms with Gasteiger partial charge in [0, 0.05) is 6.54 Å². The average Bonchev–Trinajstić information content (AvgIpc) is 2.54. The van der Waals surface area contributed by atoms with Crippen LogP contribution in [0.25, 0.3) is 0 Å². The van der Waals surface area contributed by atoms with E-state index in [0.717, 1.165) is 29.7 Å². The van der Waals surface area contributed by atoms with Gasteiger partial charge in [0.2, 0.25) is 0 Å². The lowest BCUT2D eigenvalue weighted by molar-refractivity contribution is -0.127. The van der Waals surface area contributed by atoms with Crippen molar-refractivity contribution in [2.24, 2.45) is 0 Å². The van der Waals surface area contributed by atoms with Gasteiger partial charge in [-0.2, -0.15) is 0 Å². The van der Waals surface area contributed by atoms with E-state index in [0.29, 0.717) is 13.0 Å². The van der Waals surface area contributed by atoms with Gasteiger partial charge in [-0.1, -0.05) is 30.7 Å². The monoisotopic (exact) mass is 301 g/mol. The maximum Gasteiger partial charge on any atom is 0.261 e. The molecule has 3 heteroatoms. The summed E-state index contributed by atoms with van der Waals surface area (Å²) in [4.78, 5) is 12.4. The third-order valence-electron chi connectivity index (χ3n) is 4.15. The highest BCUT2D eigenvalue weighted by Crippen LogP contribution is 2.21. The zero-order chi connectivity index (χ0) is 15.9. The molecule has 2 rings (SSSR count). The molecule has 3 nitrogen and oxygen atoms in total. The second kappa shape index (κ2) is 8.02. The predicted molar refractivity (Wildman–Crippen MR) is 90.2 cm³/mol. The Morgan fingerprint density at radius 3 is 2.82 bits per heavy atom. The van der Waals surface area contributed by atoms with Gasteiger partial charge in [0.15, 0.2) is 6.10 Å². The molecule has 1 N–H and O–H groups in total. The largest absolute Gasteiger partial charge is 0.480 e. The summed E-state index contributed by atoms with van der Waals surface area (Å²) in [5.41, 5.74) is 3.55. The molecule has 1 aromatic carbocycles. The Morgan fingerprint density at radius 2 is 2.14 bits per heavy atom. The summed E-state index contributed by atoms with van der Waals surface area (Å²) < 4.78 is 5.95. The Balaban J connectivity index is 1.93. The van der Waals surface area contributed by atoms with Crippen molar-refractivity contribution in [2.75, 3.05) is 6.54 Å². The number of amides is 1. The van der Waals surface area contributed by atoms with Crippen molar-refractivity contribution >= 4 is 5.91 Å². The molecule has 0 heterocycles. The molecule has 0 aromatic heterocycles. The molecule has 0 aliphatic heterocycles. The number of carbonyl (C=O) groups excluding carboxylic acids is 1. The van der Waals surface area contributed by atoms with Gasteiger partial charge < -0.3 is 10.1 Å². The minimum absolute atomic E-state index is 0.0186. The number of hydrogen-bond donors (Lipinski definition) is 1. The number of nitrogens with one attached hydrogen (secondary N) is 1. The van der Waals surface area contributed by atoms with Gasteiger partial charge in [-0.15, -0.1) is 0 Å². The average molecular weight is 301 g/mol. The van der Waals surface area contributed by atoms with E-state index >= 15 is 0 Å². The standard InChI is InChI=1S/C19H27NO2/c1-4-17(22-18-12-14(2)10-11-15(18)3)19(21)20-13-16-8-6-5-7-9-16/h8,10-12,17H,4-7,9,13H2,1-3H3,(H,20,21). The minimum Gasteiger partial charge on any atom is -0.480 e. The van der Waals surface area contributed by atoms with E-state index in [-0.39, 0.29) is 5.91 Å². The van der Waals surface area contributed by atoms with Crippen LogP contribution in [0.1, 0.15) is 50.2 Å². The molecule has 0 bridgehead atoms. The summed E-state index contributed by atoms with van der Waals surface area (Å²) >= 11 is 0. The maximum absolute atomic E-state index is 12.4. The summed E-state index contributed by atoms with van der Waals surface area (Å²) in [5, 5.41) is 3.03. The van der Waals surface area contributed by atoms with Gasteiger partial charge in [0.25, 0.3) is 5.91 Å². The van der Waals surface area contributed by atoms with Gasteiger partial charge in [0.05, 0.1) is 0 Å². The second-order valence-corrected chi connectivity index (χ2v) is 6.11. The quantitative estimate of drug-likeness (QED) is 0.804.